The summed E-state index contributed by atoms with van der Waals surface area (Å²) in [6, 6.07) is 68.5. The van der Waals surface area contributed by atoms with E-state index in [0.29, 0.717) is 0 Å². The Morgan fingerprint density at radius 1 is 0.338 bits per heavy atom. The maximum atomic E-state index is 5.37. The molecule has 0 saturated heterocycles. The highest BCUT2D eigenvalue weighted by Crippen LogP contribution is 2.46. The molecule has 0 unspecified atom stereocenters. The van der Waals surface area contributed by atoms with Gasteiger partial charge in [-0.2, -0.15) is 0 Å². The number of anilines is 2. The van der Waals surface area contributed by atoms with Gasteiger partial charge in [-0.3, -0.25) is 9.98 Å². The van der Waals surface area contributed by atoms with Crippen LogP contribution in [-0.4, -0.2) is 38.4 Å². The van der Waals surface area contributed by atoms with E-state index in [-0.39, 0.29) is 22.2 Å². The number of amidine groups is 2. The minimum Gasteiger partial charge on any atom is -0.318 e. The largest absolute Gasteiger partial charge is 0.318 e. The maximum absolute atomic E-state index is 5.37. The number of rotatable bonds is 7. The van der Waals surface area contributed by atoms with Crippen LogP contribution in [-0.2, 0) is 0 Å². The molecule has 0 spiro atoms. The van der Waals surface area contributed by atoms with Crippen molar-refractivity contribution in [1.82, 2.24) is 4.57 Å². The highest BCUT2D eigenvalue weighted by molar-refractivity contribution is 6.25. The van der Waals surface area contributed by atoms with E-state index in [0.717, 1.165) is 39.9 Å². The number of aliphatic imine (C=N–C) groups is 2. The van der Waals surface area contributed by atoms with Crippen molar-refractivity contribution in [2.24, 2.45) is 9.98 Å². The molecule has 320 valence electrons. The van der Waals surface area contributed by atoms with E-state index in [1.807, 2.05) is 0 Å². The monoisotopic (exact) mass is 845 g/mol. The Bertz CT molecular complexity index is 3340. The van der Waals surface area contributed by atoms with Gasteiger partial charge in [0.15, 0.2) is 0 Å². The molecule has 0 saturated carbocycles. The molecule has 0 aliphatic carbocycles. The Hall–Kier alpha value is -7.24. The SMILES string of the molecule is CC1(C)N=C(c2ccc(-c3ccc4c5c6ccccc6c(-c6ccc(C7=NC(C)(C)C(C)(C)N7c7ccccc7)cc6)cc5n(-c5ccccc5)c4c3)cc2)N(c2ccccc2)C1(C)C. The normalized spacial score (nSPS) is 17.2. The number of hydrogen-bond acceptors (Lipinski definition) is 4. The molecule has 0 N–H and O–H groups in total. The van der Waals surface area contributed by atoms with E-state index in [4.69, 9.17) is 9.98 Å². The maximum Gasteiger partial charge on any atom is 0.136 e. The number of aromatic nitrogens is 1. The van der Waals surface area contributed by atoms with Gasteiger partial charge < -0.3 is 14.4 Å². The zero-order chi connectivity index (χ0) is 44.9. The number of fused-ring (bicyclic) bond motifs is 5. The van der Waals surface area contributed by atoms with Gasteiger partial charge in [-0.25, -0.2) is 0 Å². The Kier molecular flexibility index (Phi) is 9.13. The first-order valence-corrected chi connectivity index (χ1v) is 22.9. The standard InChI is InChI=1S/C60H55N5/c1-57(2)59(5,6)64(46-22-14-10-15-23-46)55(61-57)42-32-28-40(29-33-42)44-36-37-50-52(38-44)63(45-20-12-9-13-21-45)53-39-51(48-26-18-19-27-49(48)54(50)53)41-30-34-43(35-31-41)56-62-58(3,4)60(7,8)65(56)47-24-16-11-17-25-47/h9-39H,1-8H3. The Balaban J connectivity index is 1.03. The van der Waals surface area contributed by atoms with E-state index >= 15 is 0 Å². The highest BCUT2D eigenvalue weighted by atomic mass is 15.3. The lowest BCUT2D eigenvalue weighted by Gasteiger charge is -2.41. The van der Waals surface area contributed by atoms with Crippen LogP contribution in [0.2, 0.25) is 0 Å². The summed E-state index contributed by atoms with van der Waals surface area (Å²) >= 11 is 0. The number of benzene rings is 8. The minimum absolute atomic E-state index is 0.212. The molecule has 3 heterocycles. The van der Waals surface area contributed by atoms with Crippen LogP contribution < -0.4 is 9.80 Å². The van der Waals surface area contributed by atoms with Crippen molar-refractivity contribution in [2.45, 2.75) is 77.5 Å². The fourth-order valence-corrected chi connectivity index (χ4v) is 10.2. The van der Waals surface area contributed by atoms with Crippen molar-refractivity contribution in [3.8, 4) is 27.9 Å². The van der Waals surface area contributed by atoms with Crippen molar-refractivity contribution < 1.29 is 0 Å². The van der Waals surface area contributed by atoms with Crippen LogP contribution >= 0.6 is 0 Å². The summed E-state index contributed by atoms with van der Waals surface area (Å²) in [5.41, 5.74) is 11.7. The number of nitrogens with zero attached hydrogens (tertiary/aromatic N) is 5. The van der Waals surface area contributed by atoms with Crippen molar-refractivity contribution in [1.29, 1.82) is 0 Å². The van der Waals surface area contributed by atoms with Crippen LogP contribution in [0, 0.1) is 0 Å². The molecule has 0 fully saturated rings. The summed E-state index contributed by atoms with van der Waals surface area (Å²) in [5, 5.41) is 4.97. The molecule has 0 bridgehead atoms. The Labute approximate surface area is 383 Å². The van der Waals surface area contributed by atoms with Gasteiger partial charge in [0.1, 0.15) is 11.7 Å². The third-order valence-corrected chi connectivity index (χ3v) is 15.1. The molecular formula is C60H55N5. The molecule has 1 aromatic heterocycles. The van der Waals surface area contributed by atoms with Crippen LogP contribution in [0.4, 0.5) is 11.4 Å². The average Bonchev–Trinajstić information content (AvgIpc) is 3.83. The fraction of sp³-hybridized carbons (Fsp3) is 0.200. The summed E-state index contributed by atoms with van der Waals surface area (Å²) in [6.45, 7) is 18.1. The third-order valence-electron chi connectivity index (χ3n) is 15.1. The highest BCUT2D eigenvalue weighted by Gasteiger charge is 2.51. The van der Waals surface area contributed by atoms with Crippen LogP contribution in [0.1, 0.15) is 66.5 Å². The lowest BCUT2D eigenvalue weighted by Crippen LogP contribution is -2.53. The van der Waals surface area contributed by atoms with Crippen LogP contribution in [0.3, 0.4) is 0 Å². The van der Waals surface area contributed by atoms with E-state index in [9.17, 15) is 0 Å². The number of hydrogen-bond donors (Lipinski definition) is 0. The van der Waals surface area contributed by atoms with Gasteiger partial charge in [0.05, 0.1) is 33.2 Å². The number of para-hydroxylation sites is 3. The van der Waals surface area contributed by atoms with Crippen molar-refractivity contribution in [3.05, 3.63) is 199 Å². The summed E-state index contributed by atoms with van der Waals surface area (Å²) in [4.78, 5) is 15.5. The minimum atomic E-state index is -0.281. The van der Waals surface area contributed by atoms with Gasteiger partial charge in [-0.15, -0.1) is 0 Å². The quantitative estimate of drug-likeness (QED) is 0.160. The van der Waals surface area contributed by atoms with Crippen LogP contribution in [0.15, 0.2) is 198 Å². The van der Waals surface area contributed by atoms with Gasteiger partial charge in [-0.05, 0) is 137 Å². The predicted molar refractivity (Wildman–Crippen MR) is 276 cm³/mol. The predicted octanol–water partition coefficient (Wildman–Crippen LogP) is 14.9. The topological polar surface area (TPSA) is 36.1 Å². The smallest absolute Gasteiger partial charge is 0.136 e. The molecule has 0 radical (unpaired) electrons. The Morgan fingerprint density at radius 2 is 0.754 bits per heavy atom. The molecule has 2 aliphatic rings. The summed E-state index contributed by atoms with van der Waals surface area (Å²) in [6.07, 6.45) is 0. The van der Waals surface area contributed by atoms with Crippen LogP contribution in [0.5, 0.6) is 0 Å². The molecule has 0 amide bonds. The van der Waals surface area contributed by atoms with Gasteiger partial charge in [-0.1, -0.05) is 140 Å². The molecule has 9 aromatic rings. The van der Waals surface area contributed by atoms with E-state index in [2.05, 4.69) is 258 Å². The molecule has 0 atom stereocenters. The van der Waals surface area contributed by atoms with Crippen molar-refractivity contribution in [2.75, 3.05) is 9.80 Å². The molecule has 65 heavy (non-hydrogen) atoms. The lowest BCUT2D eigenvalue weighted by molar-refractivity contribution is 0.338. The third kappa shape index (κ3) is 6.27. The summed E-state index contributed by atoms with van der Waals surface area (Å²) in [7, 11) is 0. The molecular weight excluding hydrogens is 791 g/mol. The second-order valence-corrected chi connectivity index (χ2v) is 19.9. The van der Waals surface area contributed by atoms with E-state index < -0.39 is 0 Å². The molecule has 5 nitrogen and oxygen atoms in total. The van der Waals surface area contributed by atoms with Gasteiger partial charge in [0.25, 0.3) is 0 Å². The average molecular weight is 846 g/mol. The summed E-state index contributed by atoms with van der Waals surface area (Å²) < 4.78 is 2.46. The molecule has 2 aliphatic heterocycles. The summed E-state index contributed by atoms with van der Waals surface area (Å²) in [5.74, 6) is 2.01. The van der Waals surface area contributed by atoms with E-state index in [1.165, 1.54) is 54.8 Å². The Morgan fingerprint density at radius 3 is 1.26 bits per heavy atom. The van der Waals surface area contributed by atoms with Gasteiger partial charge in [0, 0.05) is 39.0 Å². The van der Waals surface area contributed by atoms with E-state index in [1.54, 1.807) is 0 Å². The fourth-order valence-electron chi connectivity index (χ4n) is 10.2. The molecule has 11 rings (SSSR count). The van der Waals surface area contributed by atoms with Crippen LogP contribution in [0.25, 0.3) is 60.5 Å². The van der Waals surface area contributed by atoms with Gasteiger partial charge >= 0.3 is 0 Å². The first-order valence-electron chi connectivity index (χ1n) is 22.9. The zero-order valence-corrected chi connectivity index (χ0v) is 38.6. The molecule has 8 aromatic carbocycles. The first kappa shape index (κ1) is 40.5. The second-order valence-electron chi connectivity index (χ2n) is 19.9. The van der Waals surface area contributed by atoms with Crippen molar-refractivity contribution in [3.63, 3.8) is 0 Å². The first-order chi connectivity index (χ1) is 31.2. The van der Waals surface area contributed by atoms with Crippen molar-refractivity contribution >= 4 is 55.6 Å². The molecule has 5 heteroatoms. The lowest BCUT2D eigenvalue weighted by atomic mass is 9.83. The second kappa shape index (κ2) is 14.6. The van der Waals surface area contributed by atoms with Gasteiger partial charge in [0.2, 0.25) is 0 Å². The zero-order valence-electron chi connectivity index (χ0n) is 38.6.